The van der Waals surface area contributed by atoms with Gasteiger partial charge in [-0.3, -0.25) is 9.59 Å². The summed E-state index contributed by atoms with van der Waals surface area (Å²) in [5.74, 6) is 0.863. The normalized spacial score (nSPS) is 18.2. The minimum atomic E-state index is -0.134. The van der Waals surface area contributed by atoms with Crippen molar-refractivity contribution in [2.75, 3.05) is 43.4 Å². The van der Waals surface area contributed by atoms with Gasteiger partial charge in [-0.2, -0.15) is 0 Å². The lowest BCUT2D eigenvalue weighted by Gasteiger charge is -2.33. The number of rotatable bonds is 6. The molecule has 7 heteroatoms. The maximum atomic E-state index is 12.5. The number of likely N-dealkylation sites (N-methyl/N-ethyl adjacent to an activating group) is 1. The molecular formula is C26H37N5O2. The van der Waals surface area contributed by atoms with E-state index in [0.29, 0.717) is 0 Å². The Bertz CT molecular complexity index is 976. The van der Waals surface area contributed by atoms with E-state index in [0.717, 1.165) is 67.0 Å². The van der Waals surface area contributed by atoms with Gasteiger partial charge in [0.2, 0.25) is 11.8 Å². The summed E-state index contributed by atoms with van der Waals surface area (Å²) in [6.07, 6.45) is 7.40. The molecule has 2 fully saturated rings. The maximum Gasteiger partial charge on any atom is 0.224 e. The minimum absolute atomic E-state index is 0.0213. The van der Waals surface area contributed by atoms with Crippen LogP contribution in [0.3, 0.4) is 0 Å². The van der Waals surface area contributed by atoms with Crippen LogP contribution in [0.2, 0.25) is 0 Å². The molecule has 33 heavy (non-hydrogen) atoms. The first-order chi connectivity index (χ1) is 16.0. The Morgan fingerprint density at radius 2 is 1.67 bits per heavy atom. The number of nitrogens with one attached hydrogen (secondary N) is 2. The van der Waals surface area contributed by atoms with E-state index >= 15 is 0 Å². The molecule has 1 saturated heterocycles. The number of hydrogen-bond donors (Lipinski definition) is 2. The molecular weight excluding hydrogens is 414 g/mol. The molecule has 2 aliphatic rings. The number of pyridine rings is 1. The number of anilines is 2. The van der Waals surface area contributed by atoms with Crippen LogP contribution in [0.25, 0.3) is 10.9 Å². The van der Waals surface area contributed by atoms with Crippen LogP contribution in [0, 0.1) is 6.92 Å². The van der Waals surface area contributed by atoms with Gasteiger partial charge in [0.1, 0.15) is 5.82 Å². The Kier molecular flexibility index (Phi) is 7.81. The first-order valence-corrected chi connectivity index (χ1v) is 12.4. The monoisotopic (exact) mass is 451 g/mol. The van der Waals surface area contributed by atoms with Gasteiger partial charge < -0.3 is 20.4 Å². The second-order valence-electron chi connectivity index (χ2n) is 9.62. The van der Waals surface area contributed by atoms with Crippen LogP contribution in [0.4, 0.5) is 11.5 Å². The van der Waals surface area contributed by atoms with Gasteiger partial charge in [-0.15, -0.1) is 0 Å². The van der Waals surface area contributed by atoms with Crippen LogP contribution < -0.4 is 15.5 Å². The summed E-state index contributed by atoms with van der Waals surface area (Å²) in [5.41, 5.74) is 2.83. The largest absolute Gasteiger partial charge is 0.354 e. The number of hydrogen-bond acceptors (Lipinski definition) is 5. The predicted molar refractivity (Wildman–Crippen MR) is 134 cm³/mol. The minimum Gasteiger partial charge on any atom is -0.354 e. The first-order valence-electron chi connectivity index (χ1n) is 12.4. The summed E-state index contributed by atoms with van der Waals surface area (Å²) in [6, 6.07) is 8.25. The number of aryl methyl sites for hydroxylation is 1. The van der Waals surface area contributed by atoms with Gasteiger partial charge in [0, 0.05) is 56.1 Å². The van der Waals surface area contributed by atoms with Crippen molar-refractivity contribution in [1.82, 2.24) is 15.2 Å². The van der Waals surface area contributed by atoms with Crippen LogP contribution >= 0.6 is 0 Å². The van der Waals surface area contributed by atoms with Crippen molar-refractivity contribution in [3.8, 4) is 0 Å². The van der Waals surface area contributed by atoms with Gasteiger partial charge >= 0.3 is 0 Å². The summed E-state index contributed by atoms with van der Waals surface area (Å²) in [6.45, 7) is 6.14. The summed E-state index contributed by atoms with van der Waals surface area (Å²) in [4.78, 5) is 34.3. The maximum absolute atomic E-state index is 12.5. The zero-order valence-electron chi connectivity index (χ0n) is 20.0. The number of carbonyl (C=O) groups excluding carboxylic acids is 2. The molecule has 1 aromatic carbocycles. The van der Waals surface area contributed by atoms with E-state index in [9.17, 15) is 9.59 Å². The van der Waals surface area contributed by atoms with E-state index in [2.05, 4.69) is 40.5 Å². The molecule has 2 N–H and O–H groups in total. The van der Waals surface area contributed by atoms with Gasteiger partial charge in [-0.05, 0) is 56.6 Å². The molecule has 0 atom stereocenters. The van der Waals surface area contributed by atoms with E-state index in [1.165, 1.54) is 25.7 Å². The number of carbonyl (C=O) groups is 2. The Morgan fingerprint density at radius 1 is 0.970 bits per heavy atom. The summed E-state index contributed by atoms with van der Waals surface area (Å²) >= 11 is 0. The highest BCUT2D eigenvalue weighted by molar-refractivity contribution is 5.96. The van der Waals surface area contributed by atoms with Crippen LogP contribution in [-0.2, 0) is 9.59 Å². The Labute approximate surface area is 196 Å². The highest BCUT2D eigenvalue weighted by Crippen LogP contribution is 2.26. The molecule has 1 aliphatic heterocycles. The summed E-state index contributed by atoms with van der Waals surface area (Å²) in [7, 11) is 2.15. The molecule has 7 nitrogen and oxygen atoms in total. The van der Waals surface area contributed by atoms with E-state index < -0.39 is 0 Å². The zero-order valence-corrected chi connectivity index (χ0v) is 20.0. The van der Waals surface area contributed by atoms with E-state index in [1.807, 2.05) is 18.2 Å². The third-order valence-corrected chi connectivity index (χ3v) is 6.91. The number of piperazine rings is 1. The van der Waals surface area contributed by atoms with E-state index in [4.69, 9.17) is 4.98 Å². The molecule has 2 heterocycles. The van der Waals surface area contributed by atoms with Crippen LogP contribution in [0.15, 0.2) is 24.3 Å². The molecule has 1 aliphatic carbocycles. The molecule has 4 rings (SSSR count). The van der Waals surface area contributed by atoms with Gasteiger partial charge in [0.25, 0.3) is 0 Å². The van der Waals surface area contributed by atoms with Crippen LogP contribution in [0.5, 0.6) is 0 Å². The Hall–Kier alpha value is -2.67. The lowest BCUT2D eigenvalue weighted by molar-refractivity contribution is -0.124. The van der Waals surface area contributed by atoms with Crippen LogP contribution in [-0.4, -0.2) is 61.0 Å². The number of benzene rings is 1. The van der Waals surface area contributed by atoms with Crippen molar-refractivity contribution in [2.45, 2.75) is 64.3 Å². The van der Waals surface area contributed by atoms with Crippen molar-refractivity contribution >= 4 is 34.2 Å². The molecule has 0 radical (unpaired) electrons. The van der Waals surface area contributed by atoms with Gasteiger partial charge in [-0.1, -0.05) is 25.7 Å². The van der Waals surface area contributed by atoms with Crippen molar-refractivity contribution < 1.29 is 9.59 Å². The Morgan fingerprint density at radius 3 is 2.39 bits per heavy atom. The lowest BCUT2D eigenvalue weighted by atomic mass is 10.1. The highest BCUT2D eigenvalue weighted by Gasteiger charge is 2.18. The smallest absolute Gasteiger partial charge is 0.224 e. The highest BCUT2D eigenvalue weighted by atomic mass is 16.2. The third kappa shape index (κ3) is 6.44. The Balaban J connectivity index is 1.32. The number of aromatic nitrogens is 1. The average molecular weight is 452 g/mol. The SMILES string of the molecule is Cc1cc(N2CCN(C)CC2)nc2ccc(NC(=O)CCC(=O)NC3CCCCCC3)cc12. The fraction of sp³-hybridized carbons (Fsp3) is 0.577. The molecule has 2 amide bonds. The second-order valence-corrected chi connectivity index (χ2v) is 9.62. The molecule has 1 aromatic heterocycles. The molecule has 1 saturated carbocycles. The molecule has 2 aromatic rings. The topological polar surface area (TPSA) is 77.6 Å². The molecule has 0 bridgehead atoms. The number of amides is 2. The quantitative estimate of drug-likeness (QED) is 0.653. The fourth-order valence-electron chi connectivity index (χ4n) is 4.83. The average Bonchev–Trinajstić information content (AvgIpc) is 3.07. The van der Waals surface area contributed by atoms with E-state index in [1.54, 1.807) is 0 Å². The second kappa shape index (κ2) is 11.0. The number of fused-ring (bicyclic) bond motifs is 1. The number of nitrogens with zero attached hydrogens (tertiary/aromatic N) is 3. The van der Waals surface area contributed by atoms with Crippen molar-refractivity contribution in [3.63, 3.8) is 0 Å². The van der Waals surface area contributed by atoms with Crippen molar-refractivity contribution in [3.05, 3.63) is 29.8 Å². The summed E-state index contributed by atoms with van der Waals surface area (Å²) < 4.78 is 0. The van der Waals surface area contributed by atoms with Gasteiger partial charge in [0.05, 0.1) is 5.52 Å². The third-order valence-electron chi connectivity index (χ3n) is 6.91. The van der Waals surface area contributed by atoms with E-state index in [-0.39, 0.29) is 30.7 Å². The standard InChI is InChI=1S/C26H37N5O2/c1-19-17-24(31-15-13-30(2)14-16-31)29-23-10-9-21(18-22(19)23)28-26(33)12-11-25(32)27-20-7-5-3-4-6-8-20/h9-10,17-18,20H,3-8,11-16H2,1-2H3,(H,27,32)(H,28,33). The molecule has 0 spiro atoms. The van der Waals surface area contributed by atoms with Crippen LogP contribution in [0.1, 0.15) is 56.9 Å². The predicted octanol–water partition coefficient (Wildman–Crippen LogP) is 3.85. The molecule has 0 unspecified atom stereocenters. The summed E-state index contributed by atoms with van der Waals surface area (Å²) in [5, 5.41) is 7.10. The fourth-order valence-corrected chi connectivity index (χ4v) is 4.83. The molecule has 178 valence electrons. The van der Waals surface area contributed by atoms with Crippen molar-refractivity contribution in [1.29, 1.82) is 0 Å². The van der Waals surface area contributed by atoms with Gasteiger partial charge in [-0.25, -0.2) is 4.98 Å². The zero-order chi connectivity index (χ0) is 23.2. The van der Waals surface area contributed by atoms with Crippen molar-refractivity contribution in [2.24, 2.45) is 0 Å². The lowest BCUT2D eigenvalue weighted by Crippen LogP contribution is -2.44. The first kappa shape index (κ1) is 23.5. The van der Waals surface area contributed by atoms with Gasteiger partial charge in [0.15, 0.2) is 0 Å².